The third-order valence-corrected chi connectivity index (χ3v) is 3.67. The summed E-state index contributed by atoms with van der Waals surface area (Å²) >= 11 is 0. The van der Waals surface area contributed by atoms with Crippen LogP contribution in [-0.4, -0.2) is 12.4 Å². The minimum atomic E-state index is -0.301. The van der Waals surface area contributed by atoms with Crippen LogP contribution in [0.5, 0.6) is 5.75 Å². The van der Waals surface area contributed by atoms with Crippen LogP contribution in [0.4, 0.5) is 0 Å². The first-order valence-electron chi connectivity index (χ1n) is 7.73. The Kier molecular flexibility index (Phi) is 5.71. The molecule has 1 saturated heterocycles. The largest absolute Gasteiger partial charge is 0.460 e. The standard InChI is InChI=1S/C17H26O2/c1-2-3-4-5-6-7-11-14-17(15-18-17)19-16-12-9-8-10-13-16/h8-10,12-13H,2-7,11,14-15H2,1H3. The third-order valence-electron chi connectivity index (χ3n) is 3.67. The molecule has 1 aromatic rings. The van der Waals surface area contributed by atoms with Crippen molar-refractivity contribution < 1.29 is 9.47 Å². The van der Waals surface area contributed by atoms with Gasteiger partial charge < -0.3 is 9.47 Å². The van der Waals surface area contributed by atoms with E-state index in [1.807, 2.05) is 30.3 Å². The first-order valence-corrected chi connectivity index (χ1v) is 7.73. The molecule has 0 bridgehead atoms. The van der Waals surface area contributed by atoms with Crippen LogP contribution in [0.1, 0.15) is 58.3 Å². The zero-order valence-electron chi connectivity index (χ0n) is 12.1. The molecule has 1 aliphatic heterocycles. The Labute approximate surface area is 117 Å². The first-order chi connectivity index (χ1) is 9.35. The molecule has 0 amide bonds. The summed E-state index contributed by atoms with van der Waals surface area (Å²) in [6.45, 7) is 3.01. The topological polar surface area (TPSA) is 21.8 Å². The van der Waals surface area contributed by atoms with E-state index < -0.39 is 0 Å². The van der Waals surface area contributed by atoms with Crippen LogP contribution in [0.2, 0.25) is 0 Å². The van der Waals surface area contributed by atoms with Gasteiger partial charge in [-0.15, -0.1) is 0 Å². The number of hydrogen-bond acceptors (Lipinski definition) is 2. The maximum atomic E-state index is 5.94. The van der Waals surface area contributed by atoms with E-state index in [1.165, 1.54) is 44.9 Å². The van der Waals surface area contributed by atoms with Gasteiger partial charge in [0.05, 0.1) is 0 Å². The molecular formula is C17H26O2. The highest BCUT2D eigenvalue weighted by molar-refractivity contribution is 5.22. The van der Waals surface area contributed by atoms with Crippen LogP contribution in [0.25, 0.3) is 0 Å². The second-order valence-corrected chi connectivity index (χ2v) is 5.49. The third kappa shape index (κ3) is 5.23. The van der Waals surface area contributed by atoms with E-state index >= 15 is 0 Å². The highest BCUT2D eigenvalue weighted by Crippen LogP contribution is 2.35. The van der Waals surface area contributed by atoms with Gasteiger partial charge in [0.15, 0.2) is 0 Å². The SMILES string of the molecule is CCCCCCCCCC1(Oc2ccccc2)CO1. The molecule has 106 valence electrons. The lowest BCUT2D eigenvalue weighted by molar-refractivity contribution is 0.0513. The quantitative estimate of drug-likeness (QED) is 0.440. The fraction of sp³-hybridized carbons (Fsp3) is 0.647. The van der Waals surface area contributed by atoms with E-state index in [-0.39, 0.29) is 5.79 Å². The van der Waals surface area contributed by atoms with Crippen LogP contribution in [0.3, 0.4) is 0 Å². The Bertz CT molecular complexity index is 344. The van der Waals surface area contributed by atoms with E-state index in [2.05, 4.69) is 6.92 Å². The van der Waals surface area contributed by atoms with E-state index in [0.717, 1.165) is 18.8 Å². The highest BCUT2D eigenvalue weighted by Gasteiger charge is 2.47. The second-order valence-electron chi connectivity index (χ2n) is 5.49. The molecule has 1 heterocycles. The summed E-state index contributed by atoms with van der Waals surface area (Å²) in [5.74, 6) is 0.619. The normalized spacial score (nSPS) is 21.3. The van der Waals surface area contributed by atoms with E-state index in [9.17, 15) is 0 Å². The highest BCUT2D eigenvalue weighted by atomic mass is 16.8. The number of para-hydroxylation sites is 1. The second kappa shape index (κ2) is 7.54. The summed E-state index contributed by atoms with van der Waals surface area (Å²) in [5, 5.41) is 0. The monoisotopic (exact) mass is 262 g/mol. The van der Waals surface area contributed by atoms with Crippen LogP contribution in [0.15, 0.2) is 30.3 Å². The van der Waals surface area contributed by atoms with Gasteiger partial charge in [-0.2, -0.15) is 0 Å². The fourth-order valence-electron chi connectivity index (χ4n) is 2.39. The predicted octanol–water partition coefficient (Wildman–Crippen LogP) is 4.93. The van der Waals surface area contributed by atoms with Crippen molar-refractivity contribution in [2.45, 2.75) is 64.1 Å². The van der Waals surface area contributed by atoms with Crippen LogP contribution >= 0.6 is 0 Å². The van der Waals surface area contributed by atoms with Crippen molar-refractivity contribution in [1.82, 2.24) is 0 Å². The minimum absolute atomic E-state index is 0.301. The lowest BCUT2D eigenvalue weighted by atomic mass is 10.1. The number of hydrogen-bond donors (Lipinski definition) is 0. The molecule has 2 nitrogen and oxygen atoms in total. The molecule has 0 aliphatic carbocycles. The Morgan fingerprint density at radius 1 is 1.00 bits per heavy atom. The van der Waals surface area contributed by atoms with Crippen molar-refractivity contribution in [3.63, 3.8) is 0 Å². The number of benzene rings is 1. The van der Waals surface area contributed by atoms with Gasteiger partial charge in [-0.3, -0.25) is 0 Å². The lowest BCUT2D eigenvalue weighted by Crippen LogP contribution is -2.19. The van der Waals surface area contributed by atoms with E-state index in [1.54, 1.807) is 0 Å². The number of epoxide rings is 1. The zero-order valence-corrected chi connectivity index (χ0v) is 12.1. The van der Waals surface area contributed by atoms with Crippen molar-refractivity contribution in [3.05, 3.63) is 30.3 Å². The Hall–Kier alpha value is -1.02. The van der Waals surface area contributed by atoms with Gasteiger partial charge in [-0.25, -0.2) is 0 Å². The summed E-state index contributed by atoms with van der Waals surface area (Å²) in [5.41, 5.74) is 0. The lowest BCUT2D eigenvalue weighted by Gasteiger charge is -2.14. The first kappa shape index (κ1) is 14.4. The molecule has 0 saturated carbocycles. The molecule has 1 fully saturated rings. The van der Waals surface area contributed by atoms with Gasteiger partial charge in [0, 0.05) is 6.42 Å². The van der Waals surface area contributed by atoms with Gasteiger partial charge in [0.2, 0.25) is 5.79 Å². The zero-order chi connectivity index (χ0) is 13.4. The fourth-order valence-corrected chi connectivity index (χ4v) is 2.39. The van der Waals surface area contributed by atoms with Crippen LogP contribution in [0, 0.1) is 0 Å². The summed E-state index contributed by atoms with van der Waals surface area (Å²) in [4.78, 5) is 0. The molecule has 2 rings (SSSR count). The summed E-state index contributed by atoms with van der Waals surface area (Å²) in [6, 6.07) is 9.99. The average Bonchev–Trinajstić information content (AvgIpc) is 3.19. The molecule has 2 heteroatoms. The predicted molar refractivity (Wildman–Crippen MR) is 78.4 cm³/mol. The van der Waals surface area contributed by atoms with E-state index in [4.69, 9.17) is 9.47 Å². The van der Waals surface area contributed by atoms with Gasteiger partial charge in [0.1, 0.15) is 12.4 Å². The number of ether oxygens (including phenoxy) is 2. The Balaban J connectivity index is 1.58. The summed E-state index contributed by atoms with van der Waals surface area (Å²) in [7, 11) is 0. The van der Waals surface area contributed by atoms with Gasteiger partial charge in [-0.1, -0.05) is 63.6 Å². The molecule has 0 spiro atoms. The molecule has 19 heavy (non-hydrogen) atoms. The number of rotatable bonds is 10. The minimum Gasteiger partial charge on any atom is -0.460 e. The summed E-state index contributed by atoms with van der Waals surface area (Å²) < 4.78 is 11.5. The molecule has 0 aromatic heterocycles. The van der Waals surface area contributed by atoms with Crippen LogP contribution < -0.4 is 4.74 Å². The number of unbranched alkanes of at least 4 members (excludes halogenated alkanes) is 6. The van der Waals surface area contributed by atoms with Gasteiger partial charge in [0.25, 0.3) is 0 Å². The molecule has 1 unspecified atom stereocenters. The van der Waals surface area contributed by atoms with Crippen LogP contribution in [-0.2, 0) is 4.74 Å². The Morgan fingerprint density at radius 2 is 1.63 bits per heavy atom. The smallest absolute Gasteiger partial charge is 0.234 e. The van der Waals surface area contributed by atoms with Crippen molar-refractivity contribution in [3.8, 4) is 5.75 Å². The van der Waals surface area contributed by atoms with Crippen molar-refractivity contribution >= 4 is 0 Å². The van der Waals surface area contributed by atoms with Crippen molar-refractivity contribution in [1.29, 1.82) is 0 Å². The van der Waals surface area contributed by atoms with Crippen molar-refractivity contribution in [2.24, 2.45) is 0 Å². The molecular weight excluding hydrogens is 236 g/mol. The van der Waals surface area contributed by atoms with Gasteiger partial charge in [-0.05, 0) is 18.6 Å². The Morgan fingerprint density at radius 3 is 2.26 bits per heavy atom. The maximum Gasteiger partial charge on any atom is 0.234 e. The molecule has 1 atom stereocenters. The molecule has 1 aromatic carbocycles. The molecule has 0 radical (unpaired) electrons. The molecule has 0 N–H and O–H groups in total. The average molecular weight is 262 g/mol. The molecule has 1 aliphatic rings. The van der Waals surface area contributed by atoms with Crippen molar-refractivity contribution in [2.75, 3.05) is 6.61 Å². The maximum absolute atomic E-state index is 5.94. The van der Waals surface area contributed by atoms with E-state index in [0.29, 0.717) is 0 Å². The summed E-state index contributed by atoms with van der Waals surface area (Å²) in [6.07, 6.45) is 10.3. The van der Waals surface area contributed by atoms with Gasteiger partial charge >= 0.3 is 0 Å².